The Labute approximate surface area is 125 Å². The quantitative estimate of drug-likeness (QED) is 0.934. The van der Waals surface area contributed by atoms with Crippen LogP contribution in [0.5, 0.6) is 0 Å². The summed E-state index contributed by atoms with van der Waals surface area (Å²) < 4.78 is 0. The molecular weight excluding hydrogens is 260 g/mol. The molecule has 1 saturated carbocycles. The SMILES string of the molecule is c1ccc2c(c1)CCN2c1cc(NC2CCCC2)ncn1. The number of rotatable bonds is 3. The fraction of sp³-hybridized carbons (Fsp3) is 0.412. The van der Waals surface area contributed by atoms with E-state index in [2.05, 4.69) is 50.5 Å². The van der Waals surface area contributed by atoms with E-state index in [0.29, 0.717) is 6.04 Å². The minimum absolute atomic E-state index is 0.582. The van der Waals surface area contributed by atoms with Crippen molar-refractivity contribution in [2.24, 2.45) is 0 Å². The molecule has 2 aromatic rings. The predicted octanol–water partition coefficient (Wildman–Crippen LogP) is 3.53. The monoisotopic (exact) mass is 280 g/mol. The molecule has 108 valence electrons. The van der Waals surface area contributed by atoms with E-state index in [0.717, 1.165) is 24.6 Å². The molecule has 4 heteroatoms. The highest BCUT2D eigenvalue weighted by Crippen LogP contribution is 2.33. The van der Waals surface area contributed by atoms with Crippen molar-refractivity contribution in [2.45, 2.75) is 38.1 Å². The fourth-order valence-corrected chi connectivity index (χ4v) is 3.43. The van der Waals surface area contributed by atoms with Gasteiger partial charge in [0.2, 0.25) is 0 Å². The number of nitrogens with one attached hydrogen (secondary N) is 1. The van der Waals surface area contributed by atoms with Gasteiger partial charge in [-0.05, 0) is 30.9 Å². The topological polar surface area (TPSA) is 41.0 Å². The van der Waals surface area contributed by atoms with Crippen LogP contribution >= 0.6 is 0 Å². The smallest absolute Gasteiger partial charge is 0.138 e. The first-order valence-corrected chi connectivity index (χ1v) is 7.84. The average Bonchev–Trinajstić information content (AvgIpc) is 3.16. The van der Waals surface area contributed by atoms with Gasteiger partial charge in [0.05, 0.1) is 0 Å². The highest BCUT2D eigenvalue weighted by Gasteiger charge is 2.21. The lowest BCUT2D eigenvalue weighted by atomic mass is 10.2. The summed E-state index contributed by atoms with van der Waals surface area (Å²) in [5.74, 6) is 1.95. The third-order valence-electron chi connectivity index (χ3n) is 4.52. The minimum Gasteiger partial charge on any atom is -0.367 e. The molecule has 21 heavy (non-hydrogen) atoms. The van der Waals surface area contributed by atoms with Crippen LogP contribution in [0.15, 0.2) is 36.7 Å². The normalized spacial score (nSPS) is 18.0. The van der Waals surface area contributed by atoms with E-state index in [1.165, 1.54) is 36.9 Å². The van der Waals surface area contributed by atoms with Gasteiger partial charge >= 0.3 is 0 Å². The van der Waals surface area contributed by atoms with E-state index in [-0.39, 0.29) is 0 Å². The Morgan fingerprint density at radius 3 is 2.86 bits per heavy atom. The summed E-state index contributed by atoms with van der Waals surface area (Å²) in [6.45, 7) is 0.999. The van der Waals surface area contributed by atoms with Crippen molar-refractivity contribution in [3.63, 3.8) is 0 Å². The van der Waals surface area contributed by atoms with Crippen molar-refractivity contribution in [1.29, 1.82) is 0 Å². The molecule has 4 rings (SSSR count). The standard InChI is InChI=1S/C17H20N4/c1-4-8-15-13(5-1)9-10-21(15)17-11-16(18-12-19-17)20-14-6-2-3-7-14/h1,4-5,8,11-12,14H,2-3,6-7,9-10H2,(H,18,19,20). The first-order chi connectivity index (χ1) is 10.4. The summed E-state index contributed by atoms with van der Waals surface area (Å²) in [4.78, 5) is 11.1. The lowest BCUT2D eigenvalue weighted by Crippen LogP contribution is -2.18. The van der Waals surface area contributed by atoms with Crippen LogP contribution in [-0.2, 0) is 6.42 Å². The molecule has 1 aromatic carbocycles. The number of fused-ring (bicyclic) bond motifs is 1. The zero-order chi connectivity index (χ0) is 14.1. The molecule has 2 aliphatic rings. The third-order valence-corrected chi connectivity index (χ3v) is 4.52. The molecule has 1 N–H and O–H groups in total. The van der Waals surface area contributed by atoms with Crippen molar-refractivity contribution in [1.82, 2.24) is 9.97 Å². The van der Waals surface area contributed by atoms with E-state index in [1.807, 2.05) is 0 Å². The zero-order valence-electron chi connectivity index (χ0n) is 12.1. The molecule has 1 fully saturated rings. The number of nitrogens with zero attached hydrogens (tertiary/aromatic N) is 3. The summed E-state index contributed by atoms with van der Waals surface area (Å²) in [6, 6.07) is 11.2. The molecule has 0 bridgehead atoms. The summed E-state index contributed by atoms with van der Waals surface area (Å²) in [5, 5.41) is 3.55. The van der Waals surface area contributed by atoms with Gasteiger partial charge in [0.25, 0.3) is 0 Å². The van der Waals surface area contributed by atoms with Crippen LogP contribution in [0.4, 0.5) is 17.3 Å². The van der Waals surface area contributed by atoms with Crippen LogP contribution in [0.2, 0.25) is 0 Å². The maximum atomic E-state index is 4.47. The van der Waals surface area contributed by atoms with Crippen LogP contribution < -0.4 is 10.2 Å². The Morgan fingerprint density at radius 1 is 1.10 bits per heavy atom. The molecule has 0 saturated heterocycles. The maximum Gasteiger partial charge on any atom is 0.138 e. The van der Waals surface area contributed by atoms with Crippen LogP contribution in [0, 0.1) is 0 Å². The Kier molecular flexibility index (Phi) is 3.22. The van der Waals surface area contributed by atoms with Gasteiger partial charge in [0, 0.05) is 24.3 Å². The third kappa shape index (κ3) is 2.46. The Hall–Kier alpha value is -2.10. The van der Waals surface area contributed by atoms with E-state index in [9.17, 15) is 0 Å². The second kappa shape index (κ2) is 5.35. The Bertz CT molecular complexity index is 634. The lowest BCUT2D eigenvalue weighted by Gasteiger charge is -2.19. The number of hydrogen-bond donors (Lipinski definition) is 1. The molecule has 0 amide bonds. The highest BCUT2D eigenvalue weighted by atomic mass is 15.2. The average molecular weight is 280 g/mol. The zero-order valence-corrected chi connectivity index (χ0v) is 12.1. The van der Waals surface area contributed by atoms with Gasteiger partial charge in [-0.3, -0.25) is 0 Å². The van der Waals surface area contributed by atoms with Gasteiger partial charge in [-0.2, -0.15) is 0 Å². The van der Waals surface area contributed by atoms with Crippen molar-refractivity contribution < 1.29 is 0 Å². The van der Waals surface area contributed by atoms with Crippen LogP contribution in [-0.4, -0.2) is 22.6 Å². The predicted molar refractivity (Wildman–Crippen MR) is 85.1 cm³/mol. The van der Waals surface area contributed by atoms with Crippen LogP contribution in [0.3, 0.4) is 0 Å². The molecule has 0 radical (unpaired) electrons. The summed E-state index contributed by atoms with van der Waals surface area (Å²) in [7, 11) is 0. The van der Waals surface area contributed by atoms with E-state index in [1.54, 1.807) is 6.33 Å². The van der Waals surface area contributed by atoms with Crippen molar-refractivity contribution >= 4 is 17.3 Å². The van der Waals surface area contributed by atoms with Crippen LogP contribution in [0.25, 0.3) is 0 Å². The fourth-order valence-electron chi connectivity index (χ4n) is 3.43. The molecule has 1 aromatic heterocycles. The van der Waals surface area contributed by atoms with Gasteiger partial charge in [-0.25, -0.2) is 9.97 Å². The molecular formula is C17H20N4. The van der Waals surface area contributed by atoms with E-state index >= 15 is 0 Å². The molecule has 2 heterocycles. The van der Waals surface area contributed by atoms with Gasteiger partial charge in [-0.15, -0.1) is 0 Å². The second-order valence-corrected chi connectivity index (χ2v) is 5.92. The minimum atomic E-state index is 0.582. The summed E-state index contributed by atoms with van der Waals surface area (Å²) in [6.07, 6.45) is 7.93. The first kappa shape index (κ1) is 12.6. The summed E-state index contributed by atoms with van der Waals surface area (Å²) in [5.41, 5.74) is 2.68. The number of anilines is 3. The number of aromatic nitrogens is 2. The van der Waals surface area contributed by atoms with Crippen molar-refractivity contribution in [3.8, 4) is 0 Å². The Morgan fingerprint density at radius 2 is 1.95 bits per heavy atom. The number of benzene rings is 1. The van der Waals surface area contributed by atoms with Gasteiger partial charge in [-0.1, -0.05) is 31.0 Å². The molecule has 0 spiro atoms. The van der Waals surface area contributed by atoms with Crippen molar-refractivity contribution in [3.05, 3.63) is 42.2 Å². The van der Waals surface area contributed by atoms with Gasteiger partial charge < -0.3 is 10.2 Å². The van der Waals surface area contributed by atoms with Crippen molar-refractivity contribution in [2.75, 3.05) is 16.8 Å². The Balaban J connectivity index is 1.58. The molecule has 0 atom stereocenters. The van der Waals surface area contributed by atoms with Gasteiger partial charge in [0.1, 0.15) is 18.0 Å². The van der Waals surface area contributed by atoms with E-state index in [4.69, 9.17) is 0 Å². The summed E-state index contributed by atoms with van der Waals surface area (Å²) >= 11 is 0. The molecule has 4 nitrogen and oxygen atoms in total. The molecule has 1 aliphatic heterocycles. The highest BCUT2D eigenvalue weighted by molar-refractivity contribution is 5.68. The lowest BCUT2D eigenvalue weighted by molar-refractivity contribution is 0.749. The van der Waals surface area contributed by atoms with E-state index < -0.39 is 0 Å². The number of para-hydroxylation sites is 1. The van der Waals surface area contributed by atoms with Gasteiger partial charge in [0.15, 0.2) is 0 Å². The second-order valence-electron chi connectivity index (χ2n) is 5.92. The number of hydrogen-bond acceptors (Lipinski definition) is 4. The molecule has 1 aliphatic carbocycles. The maximum absolute atomic E-state index is 4.47. The van der Waals surface area contributed by atoms with Crippen LogP contribution in [0.1, 0.15) is 31.2 Å². The molecule has 0 unspecified atom stereocenters. The first-order valence-electron chi connectivity index (χ1n) is 7.84. The largest absolute Gasteiger partial charge is 0.367 e.